The van der Waals surface area contributed by atoms with Gasteiger partial charge in [-0.1, -0.05) is 61.5 Å². The number of allylic oxidation sites excluding steroid dienone is 2. The van der Waals surface area contributed by atoms with Gasteiger partial charge in [0.05, 0.1) is 17.2 Å². The Hall–Kier alpha value is -2.87. The van der Waals surface area contributed by atoms with Crippen molar-refractivity contribution >= 4 is 22.0 Å². The molecule has 0 spiro atoms. The van der Waals surface area contributed by atoms with E-state index in [0.717, 1.165) is 6.42 Å². The summed E-state index contributed by atoms with van der Waals surface area (Å²) in [7, 11) is 0. The predicted octanol–water partition coefficient (Wildman–Crippen LogP) is 5.40. The van der Waals surface area contributed by atoms with Crippen LogP contribution in [-0.2, 0) is 11.8 Å². The lowest BCUT2D eigenvalue weighted by Gasteiger charge is -2.34. The second kappa shape index (κ2) is 5.06. The van der Waals surface area contributed by atoms with E-state index in [0.29, 0.717) is 0 Å². The lowest BCUT2D eigenvalue weighted by molar-refractivity contribution is 0.587. The van der Waals surface area contributed by atoms with Gasteiger partial charge in [0.1, 0.15) is 0 Å². The van der Waals surface area contributed by atoms with Crippen molar-refractivity contribution in [2.45, 2.75) is 25.7 Å². The first-order chi connectivity index (χ1) is 12.2. The van der Waals surface area contributed by atoms with E-state index in [1.54, 1.807) is 0 Å². The molecule has 0 amide bonds. The first-order valence-electron chi connectivity index (χ1n) is 8.80. The molecule has 4 aromatic rings. The van der Waals surface area contributed by atoms with Crippen LogP contribution in [0.5, 0.6) is 0 Å². The Morgan fingerprint density at radius 1 is 0.920 bits per heavy atom. The Morgan fingerprint density at radius 3 is 2.52 bits per heavy atom. The number of fused-ring (bicyclic) bond motifs is 6. The molecule has 1 unspecified atom stereocenters. The summed E-state index contributed by atoms with van der Waals surface area (Å²) in [4.78, 5) is 0. The number of hydrogen-bond acceptors (Lipinski definition) is 1. The van der Waals surface area contributed by atoms with Gasteiger partial charge in [0.15, 0.2) is 0 Å². The van der Waals surface area contributed by atoms with Gasteiger partial charge in [0, 0.05) is 16.4 Å². The summed E-state index contributed by atoms with van der Waals surface area (Å²) in [6.07, 6.45) is 5.35. The molecule has 0 aliphatic heterocycles. The molecule has 0 bridgehead atoms. The summed E-state index contributed by atoms with van der Waals surface area (Å²) in [5.74, 6) is 0. The lowest BCUT2D eigenvalue weighted by Crippen LogP contribution is -2.27. The highest BCUT2D eigenvalue weighted by molar-refractivity contribution is 5.95. The summed E-state index contributed by atoms with van der Waals surface area (Å²) in [6, 6.07) is 21.6. The van der Waals surface area contributed by atoms with Crippen LogP contribution in [0.2, 0.25) is 0 Å². The van der Waals surface area contributed by atoms with Gasteiger partial charge in [0.25, 0.3) is 0 Å². The minimum Gasteiger partial charge on any atom is -0.232 e. The minimum atomic E-state index is 0.0134. The van der Waals surface area contributed by atoms with Crippen molar-refractivity contribution in [2.24, 2.45) is 0 Å². The first-order valence-corrected chi connectivity index (χ1v) is 8.80. The van der Waals surface area contributed by atoms with Crippen LogP contribution in [0, 0.1) is 0 Å². The SMILES string of the molecule is CC1=CC(C)(c2ccccc2)Cc2c1c1ccnn1c1ccccc21. The van der Waals surface area contributed by atoms with E-state index in [4.69, 9.17) is 0 Å². The van der Waals surface area contributed by atoms with E-state index in [9.17, 15) is 0 Å². The molecular formula is C23H20N2. The van der Waals surface area contributed by atoms with Crippen LogP contribution in [0.25, 0.3) is 22.0 Å². The van der Waals surface area contributed by atoms with Crippen molar-refractivity contribution in [1.82, 2.24) is 9.61 Å². The third-order valence-electron chi connectivity index (χ3n) is 5.56. The summed E-state index contributed by atoms with van der Waals surface area (Å²) >= 11 is 0. The minimum absolute atomic E-state index is 0.0134. The smallest absolute Gasteiger partial charge is 0.0746 e. The second-order valence-electron chi connectivity index (χ2n) is 7.29. The first kappa shape index (κ1) is 14.5. The zero-order valence-corrected chi connectivity index (χ0v) is 14.5. The molecule has 122 valence electrons. The van der Waals surface area contributed by atoms with Crippen molar-refractivity contribution in [2.75, 3.05) is 0 Å². The maximum absolute atomic E-state index is 4.57. The van der Waals surface area contributed by atoms with Gasteiger partial charge in [0.2, 0.25) is 0 Å². The fourth-order valence-corrected chi connectivity index (χ4v) is 4.48. The molecule has 2 heterocycles. The topological polar surface area (TPSA) is 17.3 Å². The van der Waals surface area contributed by atoms with Crippen LogP contribution in [0.1, 0.15) is 30.5 Å². The van der Waals surface area contributed by atoms with Crippen LogP contribution in [-0.4, -0.2) is 9.61 Å². The summed E-state index contributed by atoms with van der Waals surface area (Å²) in [5, 5.41) is 5.88. The van der Waals surface area contributed by atoms with Crippen molar-refractivity contribution in [3.05, 3.63) is 89.6 Å². The molecule has 2 aromatic heterocycles. The Balaban J connectivity index is 1.86. The van der Waals surface area contributed by atoms with E-state index in [1.165, 1.54) is 38.7 Å². The monoisotopic (exact) mass is 324 g/mol. The van der Waals surface area contributed by atoms with Crippen LogP contribution >= 0.6 is 0 Å². The third-order valence-corrected chi connectivity index (χ3v) is 5.56. The molecule has 0 radical (unpaired) electrons. The fraction of sp³-hybridized carbons (Fsp3) is 0.174. The molecule has 1 aliphatic carbocycles. The van der Waals surface area contributed by atoms with E-state index < -0.39 is 0 Å². The predicted molar refractivity (Wildman–Crippen MR) is 104 cm³/mol. The van der Waals surface area contributed by atoms with Gasteiger partial charge < -0.3 is 0 Å². The Bertz CT molecular complexity index is 1130. The fourth-order valence-electron chi connectivity index (χ4n) is 4.48. The molecule has 5 rings (SSSR count). The maximum atomic E-state index is 4.57. The summed E-state index contributed by atoms with van der Waals surface area (Å²) < 4.78 is 2.08. The molecular weight excluding hydrogens is 304 g/mol. The third kappa shape index (κ3) is 2.00. The molecule has 1 aliphatic rings. The van der Waals surface area contributed by atoms with Gasteiger partial charge in [-0.2, -0.15) is 5.10 Å². The average molecular weight is 324 g/mol. The molecule has 0 fully saturated rings. The van der Waals surface area contributed by atoms with Crippen molar-refractivity contribution < 1.29 is 0 Å². The van der Waals surface area contributed by atoms with Crippen LogP contribution < -0.4 is 0 Å². The average Bonchev–Trinajstić information content (AvgIpc) is 3.12. The molecule has 0 saturated heterocycles. The number of benzene rings is 2. The molecule has 1 atom stereocenters. The molecule has 25 heavy (non-hydrogen) atoms. The summed E-state index contributed by atoms with van der Waals surface area (Å²) in [6.45, 7) is 4.59. The molecule has 0 saturated carbocycles. The van der Waals surface area contributed by atoms with E-state index in [2.05, 4.69) is 90.2 Å². The zero-order valence-electron chi connectivity index (χ0n) is 14.5. The Kier molecular flexibility index (Phi) is 2.93. The van der Waals surface area contributed by atoms with Gasteiger partial charge in [-0.05, 0) is 42.2 Å². The number of rotatable bonds is 1. The normalized spacial score (nSPS) is 19.8. The van der Waals surface area contributed by atoms with Gasteiger partial charge in [-0.15, -0.1) is 0 Å². The molecule has 2 aromatic carbocycles. The van der Waals surface area contributed by atoms with Crippen LogP contribution in [0.4, 0.5) is 0 Å². The van der Waals surface area contributed by atoms with Crippen LogP contribution in [0.3, 0.4) is 0 Å². The van der Waals surface area contributed by atoms with Crippen molar-refractivity contribution in [3.8, 4) is 0 Å². The van der Waals surface area contributed by atoms with Gasteiger partial charge >= 0.3 is 0 Å². The quantitative estimate of drug-likeness (QED) is 0.458. The summed E-state index contributed by atoms with van der Waals surface area (Å²) in [5.41, 5.74) is 7.91. The standard InChI is InChI=1S/C23H20N2/c1-16-14-23(2,17-8-4-3-5-9-17)15-19-18-10-6-7-11-20(18)25-21(22(16)19)12-13-24-25/h3-14H,15H2,1-2H3. The molecule has 2 nitrogen and oxygen atoms in total. The number of aromatic nitrogens is 2. The largest absolute Gasteiger partial charge is 0.232 e. The zero-order chi connectivity index (χ0) is 17.0. The van der Waals surface area contributed by atoms with Crippen molar-refractivity contribution in [3.63, 3.8) is 0 Å². The number of pyridine rings is 1. The Labute approximate surface area is 147 Å². The van der Waals surface area contributed by atoms with Gasteiger partial charge in [-0.3, -0.25) is 0 Å². The van der Waals surface area contributed by atoms with E-state index in [-0.39, 0.29) is 5.41 Å². The lowest BCUT2D eigenvalue weighted by atomic mass is 9.70. The molecule has 2 heteroatoms. The van der Waals surface area contributed by atoms with E-state index >= 15 is 0 Å². The number of hydrogen-bond donors (Lipinski definition) is 0. The highest BCUT2D eigenvalue weighted by atomic mass is 15.2. The Morgan fingerprint density at radius 2 is 1.68 bits per heavy atom. The van der Waals surface area contributed by atoms with E-state index in [1.807, 2.05) is 6.20 Å². The molecule has 0 N–H and O–H groups in total. The van der Waals surface area contributed by atoms with Crippen LogP contribution in [0.15, 0.2) is 72.9 Å². The highest BCUT2D eigenvalue weighted by Gasteiger charge is 2.32. The highest BCUT2D eigenvalue weighted by Crippen LogP contribution is 2.43. The van der Waals surface area contributed by atoms with Crippen molar-refractivity contribution in [1.29, 1.82) is 0 Å². The number of para-hydroxylation sites is 1. The maximum Gasteiger partial charge on any atom is 0.0746 e. The number of nitrogens with zero attached hydrogens (tertiary/aromatic N) is 2. The van der Waals surface area contributed by atoms with Gasteiger partial charge in [-0.25, -0.2) is 4.52 Å². The second-order valence-corrected chi connectivity index (χ2v) is 7.29.